The van der Waals surface area contributed by atoms with Crippen LogP contribution in [0.3, 0.4) is 0 Å². The summed E-state index contributed by atoms with van der Waals surface area (Å²) in [6, 6.07) is 5.77. The van der Waals surface area contributed by atoms with Crippen molar-refractivity contribution in [1.29, 1.82) is 0 Å². The van der Waals surface area contributed by atoms with Crippen molar-refractivity contribution in [3.05, 3.63) is 35.1 Å². The molecule has 1 aromatic rings. The zero-order chi connectivity index (χ0) is 11.4. The molecule has 1 aromatic carbocycles. The predicted molar refractivity (Wildman–Crippen MR) is 63.0 cm³/mol. The first-order valence-electron chi connectivity index (χ1n) is 6.01. The fourth-order valence-corrected chi connectivity index (χ4v) is 3.79. The fraction of sp³-hybridized carbons (Fsp3) is 0.571. The van der Waals surface area contributed by atoms with E-state index in [-0.39, 0.29) is 5.82 Å². The molecule has 0 amide bonds. The van der Waals surface area contributed by atoms with Gasteiger partial charge in [-0.2, -0.15) is 0 Å². The van der Waals surface area contributed by atoms with Gasteiger partial charge in [-0.1, -0.05) is 12.1 Å². The van der Waals surface area contributed by atoms with E-state index in [1.165, 1.54) is 24.8 Å². The molecule has 0 atom stereocenters. The maximum Gasteiger partial charge on any atom is 0.126 e. The number of nitrogens with one attached hydrogen (secondary N) is 1. The van der Waals surface area contributed by atoms with Crippen molar-refractivity contribution in [2.45, 2.75) is 31.6 Å². The Balaban J connectivity index is 1.80. The number of hydrogen-bond acceptors (Lipinski definition) is 1. The van der Waals surface area contributed by atoms with Gasteiger partial charge < -0.3 is 5.32 Å². The van der Waals surface area contributed by atoms with Crippen LogP contribution in [0.25, 0.3) is 0 Å². The molecule has 3 saturated carbocycles. The quantitative estimate of drug-likeness (QED) is 0.824. The van der Waals surface area contributed by atoms with Gasteiger partial charge in [0.1, 0.15) is 5.82 Å². The third kappa shape index (κ3) is 1.20. The van der Waals surface area contributed by atoms with Crippen molar-refractivity contribution in [2.75, 3.05) is 13.6 Å². The Kier molecular flexibility index (Phi) is 1.97. The minimum Gasteiger partial charge on any atom is -0.319 e. The summed E-state index contributed by atoms with van der Waals surface area (Å²) in [4.78, 5) is 0. The number of halogens is 1. The van der Waals surface area contributed by atoms with Crippen LogP contribution in [-0.2, 0) is 5.41 Å². The van der Waals surface area contributed by atoms with Crippen LogP contribution in [0.4, 0.5) is 4.39 Å². The molecule has 0 radical (unpaired) electrons. The predicted octanol–water partition coefficient (Wildman–Crippen LogP) is 2.78. The van der Waals surface area contributed by atoms with Crippen LogP contribution in [0.2, 0.25) is 0 Å². The highest BCUT2D eigenvalue weighted by atomic mass is 19.1. The summed E-state index contributed by atoms with van der Waals surface area (Å²) in [5.41, 5.74) is 2.83. The molecule has 2 bridgehead atoms. The van der Waals surface area contributed by atoms with Crippen molar-refractivity contribution in [2.24, 2.45) is 5.41 Å². The van der Waals surface area contributed by atoms with Crippen molar-refractivity contribution < 1.29 is 4.39 Å². The molecule has 0 aromatic heterocycles. The van der Waals surface area contributed by atoms with E-state index in [9.17, 15) is 4.39 Å². The summed E-state index contributed by atoms with van der Waals surface area (Å²) in [6.45, 7) is 2.94. The lowest BCUT2D eigenvalue weighted by Crippen LogP contribution is -2.67. The third-order valence-electron chi connectivity index (χ3n) is 4.48. The zero-order valence-electron chi connectivity index (χ0n) is 9.94. The Morgan fingerprint density at radius 2 is 2.00 bits per heavy atom. The van der Waals surface area contributed by atoms with Crippen molar-refractivity contribution >= 4 is 0 Å². The van der Waals surface area contributed by atoms with Gasteiger partial charge >= 0.3 is 0 Å². The second-order valence-electron chi connectivity index (χ2n) is 5.80. The van der Waals surface area contributed by atoms with Crippen LogP contribution in [0.15, 0.2) is 18.2 Å². The largest absolute Gasteiger partial charge is 0.319 e. The number of aryl methyl sites for hydroxylation is 1. The summed E-state index contributed by atoms with van der Waals surface area (Å²) in [6.07, 6.45) is 3.72. The summed E-state index contributed by atoms with van der Waals surface area (Å²) in [5.74, 6) is -0.0510. The molecule has 0 saturated heterocycles. The minimum atomic E-state index is -0.0510. The van der Waals surface area contributed by atoms with Crippen molar-refractivity contribution in [1.82, 2.24) is 5.32 Å². The fourth-order valence-electron chi connectivity index (χ4n) is 3.79. The molecule has 16 heavy (non-hydrogen) atoms. The Morgan fingerprint density at radius 1 is 1.31 bits per heavy atom. The second-order valence-corrected chi connectivity index (χ2v) is 5.80. The van der Waals surface area contributed by atoms with Gasteiger partial charge in [-0.3, -0.25) is 0 Å². The van der Waals surface area contributed by atoms with E-state index in [0.717, 1.165) is 12.1 Å². The maximum absolute atomic E-state index is 13.5. The molecular weight excluding hydrogens is 201 g/mol. The van der Waals surface area contributed by atoms with Crippen molar-refractivity contribution in [3.8, 4) is 0 Å². The molecule has 0 aliphatic heterocycles. The first-order chi connectivity index (χ1) is 7.59. The monoisotopic (exact) mass is 219 g/mol. The maximum atomic E-state index is 13.5. The lowest BCUT2D eigenvalue weighted by atomic mass is 9.33. The molecule has 86 valence electrons. The van der Waals surface area contributed by atoms with Gasteiger partial charge in [-0.05, 0) is 61.3 Å². The van der Waals surface area contributed by atoms with Gasteiger partial charge in [0.2, 0.25) is 0 Å². The standard InChI is InChI=1S/C14H18FN/c1-10-3-4-11(5-12(10)15)14-6-13(7-14,8-14)9-16-2/h3-5,16H,6-9H2,1-2H3. The van der Waals surface area contributed by atoms with Gasteiger partial charge in [-0.25, -0.2) is 4.39 Å². The number of rotatable bonds is 3. The molecule has 0 spiro atoms. The van der Waals surface area contributed by atoms with Gasteiger partial charge in [0.15, 0.2) is 0 Å². The normalized spacial score (nSPS) is 35.4. The number of hydrogen-bond donors (Lipinski definition) is 1. The van der Waals surface area contributed by atoms with Crippen LogP contribution in [0.5, 0.6) is 0 Å². The Morgan fingerprint density at radius 3 is 2.56 bits per heavy atom. The number of benzene rings is 1. The van der Waals surface area contributed by atoms with Crippen molar-refractivity contribution in [3.63, 3.8) is 0 Å². The lowest BCUT2D eigenvalue weighted by molar-refractivity contribution is -0.137. The van der Waals surface area contributed by atoms with E-state index in [1.807, 2.05) is 20.0 Å². The van der Waals surface area contributed by atoms with Gasteiger partial charge in [0.05, 0.1) is 0 Å². The first-order valence-corrected chi connectivity index (χ1v) is 6.01. The van der Waals surface area contributed by atoms with Crippen LogP contribution in [0, 0.1) is 18.2 Å². The molecule has 0 heterocycles. The second kappa shape index (κ2) is 3.07. The summed E-state index contributed by atoms with van der Waals surface area (Å²) < 4.78 is 13.5. The average molecular weight is 219 g/mol. The Bertz CT molecular complexity index is 419. The highest BCUT2D eigenvalue weighted by Gasteiger charge is 2.67. The van der Waals surface area contributed by atoms with Crippen LogP contribution >= 0.6 is 0 Å². The zero-order valence-corrected chi connectivity index (χ0v) is 9.94. The topological polar surface area (TPSA) is 12.0 Å². The lowest BCUT2D eigenvalue weighted by Gasteiger charge is -2.71. The minimum absolute atomic E-state index is 0.0510. The van der Waals surface area contributed by atoms with E-state index in [1.54, 1.807) is 6.07 Å². The van der Waals surface area contributed by atoms with Gasteiger partial charge in [-0.15, -0.1) is 0 Å². The molecule has 3 aliphatic rings. The molecular formula is C14H18FN. The molecule has 3 fully saturated rings. The first kappa shape index (κ1) is 10.3. The highest BCUT2D eigenvalue weighted by molar-refractivity contribution is 5.40. The molecule has 1 N–H and O–H groups in total. The van der Waals surface area contributed by atoms with Gasteiger partial charge in [0.25, 0.3) is 0 Å². The highest BCUT2D eigenvalue weighted by Crippen LogP contribution is 2.73. The van der Waals surface area contributed by atoms with E-state index < -0.39 is 0 Å². The Hall–Kier alpha value is -0.890. The van der Waals surface area contributed by atoms with Crippen LogP contribution < -0.4 is 5.32 Å². The molecule has 2 heteroatoms. The molecule has 3 aliphatic carbocycles. The SMILES string of the molecule is CNCC12CC(c3ccc(C)c(F)c3)(C1)C2. The average Bonchev–Trinajstić information content (AvgIpc) is 2.14. The van der Waals surface area contributed by atoms with E-state index in [0.29, 0.717) is 10.8 Å². The summed E-state index contributed by atoms with van der Waals surface area (Å²) in [7, 11) is 2.01. The van der Waals surface area contributed by atoms with E-state index in [4.69, 9.17) is 0 Å². The molecule has 0 unspecified atom stereocenters. The summed E-state index contributed by atoms with van der Waals surface area (Å²) >= 11 is 0. The van der Waals surface area contributed by atoms with E-state index in [2.05, 4.69) is 11.4 Å². The Labute approximate surface area is 96.1 Å². The third-order valence-corrected chi connectivity index (χ3v) is 4.48. The van der Waals surface area contributed by atoms with Gasteiger partial charge in [0, 0.05) is 6.54 Å². The van der Waals surface area contributed by atoms with Crippen LogP contribution in [-0.4, -0.2) is 13.6 Å². The van der Waals surface area contributed by atoms with E-state index >= 15 is 0 Å². The molecule has 4 rings (SSSR count). The molecule has 1 nitrogen and oxygen atoms in total. The van der Waals surface area contributed by atoms with Crippen LogP contribution in [0.1, 0.15) is 30.4 Å². The smallest absolute Gasteiger partial charge is 0.126 e. The summed E-state index contributed by atoms with van der Waals surface area (Å²) in [5, 5.41) is 3.26.